The lowest BCUT2D eigenvalue weighted by molar-refractivity contribution is 0.988. The maximum Gasteiger partial charge on any atom is 0.0554 e. The van der Waals surface area contributed by atoms with Gasteiger partial charge in [-0.05, 0) is 52.0 Å². The molecule has 62 valence electrons. The van der Waals surface area contributed by atoms with Gasteiger partial charge in [-0.25, -0.2) is 0 Å². The number of hydrogen-bond donors (Lipinski definition) is 0. The van der Waals surface area contributed by atoms with Crippen LogP contribution in [0.3, 0.4) is 0 Å². The summed E-state index contributed by atoms with van der Waals surface area (Å²) >= 11 is 9.33. The fourth-order valence-electron chi connectivity index (χ4n) is 1.25. The second-order valence-corrected chi connectivity index (χ2v) is 4.16. The molecule has 0 aliphatic heterocycles. The Kier molecular flexibility index (Phi) is 2.24. The van der Waals surface area contributed by atoms with Crippen molar-refractivity contribution in [3.63, 3.8) is 0 Å². The molecule has 12 heavy (non-hydrogen) atoms. The first-order valence-electron chi connectivity index (χ1n) is 3.92. The average molecular weight is 244 g/mol. The van der Waals surface area contributed by atoms with Crippen LogP contribution in [-0.2, 0) is 0 Å². The van der Waals surface area contributed by atoms with Crippen LogP contribution in [0, 0.1) is 0 Å². The smallest absolute Gasteiger partial charge is 0.0554 e. The van der Waals surface area contributed by atoms with E-state index in [1.807, 2.05) is 12.1 Å². The molecule has 0 heterocycles. The van der Waals surface area contributed by atoms with Gasteiger partial charge in [-0.3, -0.25) is 0 Å². The molecule has 2 heteroatoms. The first-order valence-corrected chi connectivity index (χ1v) is 5.09. The topological polar surface area (TPSA) is 0 Å². The first kappa shape index (κ1) is 8.33. The van der Waals surface area contributed by atoms with Crippen LogP contribution in [0.1, 0.15) is 18.4 Å². The minimum atomic E-state index is 0.792. The molecule has 0 fully saturated rings. The summed E-state index contributed by atoms with van der Waals surface area (Å²) in [5.74, 6) is 0. The van der Waals surface area contributed by atoms with Crippen LogP contribution in [0.4, 0.5) is 0 Å². The molecule has 0 bridgehead atoms. The zero-order valence-corrected chi connectivity index (χ0v) is 8.82. The molecule has 1 aliphatic rings. The normalized spacial score (nSPS) is 15.3. The number of rotatable bonds is 1. The van der Waals surface area contributed by atoms with Gasteiger partial charge in [0.2, 0.25) is 0 Å². The lowest BCUT2D eigenvalue weighted by Gasteiger charge is -2.14. The molecule has 0 amide bonds. The molecule has 0 saturated heterocycles. The van der Waals surface area contributed by atoms with Crippen LogP contribution in [0.5, 0.6) is 0 Å². The van der Waals surface area contributed by atoms with E-state index in [1.54, 1.807) is 0 Å². The van der Waals surface area contributed by atoms with E-state index in [2.05, 4.69) is 28.1 Å². The minimum Gasteiger partial charge on any atom is -0.0831 e. The maximum atomic E-state index is 5.96. The third-order valence-electron chi connectivity index (χ3n) is 2.09. The van der Waals surface area contributed by atoms with Crippen molar-refractivity contribution in [3.8, 4) is 0 Å². The van der Waals surface area contributed by atoms with E-state index in [0.717, 1.165) is 9.50 Å². The number of allylic oxidation sites excluding steroid dienone is 2. The third kappa shape index (κ3) is 1.44. The Labute approximate surface area is 85.4 Å². The molecule has 0 N–H and O–H groups in total. The summed E-state index contributed by atoms with van der Waals surface area (Å²) in [6.07, 6.45) is 4.65. The highest BCUT2D eigenvalue weighted by molar-refractivity contribution is 9.10. The zero-order chi connectivity index (χ0) is 8.55. The highest BCUT2D eigenvalue weighted by Crippen LogP contribution is 2.32. The predicted molar refractivity (Wildman–Crippen MR) is 56.4 cm³/mol. The molecular weight excluding hydrogens is 235 g/mol. The first-order chi connectivity index (χ1) is 5.77. The van der Waals surface area contributed by atoms with E-state index >= 15 is 0 Å². The summed E-state index contributed by atoms with van der Waals surface area (Å²) in [4.78, 5) is 0. The van der Waals surface area contributed by atoms with Crippen LogP contribution in [0.15, 0.2) is 28.7 Å². The summed E-state index contributed by atoms with van der Waals surface area (Å²) in [5.41, 5.74) is 2.68. The van der Waals surface area contributed by atoms with Gasteiger partial charge in [0.1, 0.15) is 0 Å². The Bertz CT molecular complexity index is 342. The van der Waals surface area contributed by atoms with E-state index in [9.17, 15) is 0 Å². The van der Waals surface area contributed by atoms with Gasteiger partial charge in [0.25, 0.3) is 0 Å². The molecule has 1 aromatic rings. The lowest BCUT2D eigenvalue weighted by atomic mass is 9.92. The fraction of sp³-hybridized carbons (Fsp3) is 0.200. The Morgan fingerprint density at radius 1 is 1.33 bits per heavy atom. The van der Waals surface area contributed by atoms with Gasteiger partial charge < -0.3 is 0 Å². The van der Waals surface area contributed by atoms with Crippen molar-refractivity contribution in [3.05, 3.63) is 39.3 Å². The van der Waals surface area contributed by atoms with Crippen molar-refractivity contribution in [2.45, 2.75) is 12.8 Å². The molecule has 0 spiro atoms. The van der Waals surface area contributed by atoms with Crippen molar-refractivity contribution in [2.75, 3.05) is 0 Å². The van der Waals surface area contributed by atoms with E-state index in [4.69, 9.17) is 11.6 Å². The molecule has 1 aliphatic carbocycles. The molecule has 0 radical (unpaired) electrons. The largest absolute Gasteiger partial charge is 0.0831 e. The standard InChI is InChI=1S/C10H8BrCl/c11-9-5-4-8(6-10(9)12)7-2-1-3-7/h2,4-6H,1,3H2. The summed E-state index contributed by atoms with van der Waals surface area (Å²) in [6, 6.07) is 6.11. The van der Waals surface area contributed by atoms with Gasteiger partial charge in [-0.2, -0.15) is 0 Å². The molecule has 2 rings (SSSR count). The lowest BCUT2D eigenvalue weighted by Crippen LogP contribution is -1.92. The van der Waals surface area contributed by atoms with Gasteiger partial charge in [0.05, 0.1) is 5.02 Å². The SMILES string of the molecule is Clc1cc(C2=CCC2)ccc1Br. The van der Waals surface area contributed by atoms with Crippen LogP contribution < -0.4 is 0 Å². The predicted octanol–water partition coefficient (Wildman–Crippen LogP) is 4.28. The van der Waals surface area contributed by atoms with Crippen LogP contribution >= 0.6 is 27.5 Å². The monoisotopic (exact) mass is 242 g/mol. The van der Waals surface area contributed by atoms with Crippen molar-refractivity contribution in [1.82, 2.24) is 0 Å². The Hall–Kier alpha value is -0.270. The van der Waals surface area contributed by atoms with Crippen molar-refractivity contribution in [2.24, 2.45) is 0 Å². The van der Waals surface area contributed by atoms with Gasteiger partial charge in [0.15, 0.2) is 0 Å². The molecule has 1 aromatic carbocycles. The van der Waals surface area contributed by atoms with Gasteiger partial charge in [-0.1, -0.05) is 23.7 Å². The highest BCUT2D eigenvalue weighted by Gasteiger charge is 2.09. The zero-order valence-electron chi connectivity index (χ0n) is 6.48. The Balaban J connectivity index is 2.40. The van der Waals surface area contributed by atoms with Gasteiger partial charge in [-0.15, -0.1) is 0 Å². The molecule has 0 atom stereocenters. The summed E-state index contributed by atoms with van der Waals surface area (Å²) < 4.78 is 0.966. The van der Waals surface area contributed by atoms with Gasteiger partial charge >= 0.3 is 0 Å². The summed E-state index contributed by atoms with van der Waals surface area (Å²) in [5, 5.41) is 0.792. The van der Waals surface area contributed by atoms with Crippen LogP contribution in [0.2, 0.25) is 5.02 Å². The molecule has 0 saturated carbocycles. The van der Waals surface area contributed by atoms with E-state index in [-0.39, 0.29) is 0 Å². The van der Waals surface area contributed by atoms with E-state index in [0.29, 0.717) is 0 Å². The number of benzene rings is 1. The van der Waals surface area contributed by atoms with E-state index in [1.165, 1.54) is 24.0 Å². The Morgan fingerprint density at radius 2 is 2.08 bits per heavy atom. The second-order valence-electron chi connectivity index (χ2n) is 2.90. The number of halogens is 2. The van der Waals surface area contributed by atoms with Crippen LogP contribution in [0.25, 0.3) is 5.57 Å². The van der Waals surface area contributed by atoms with Crippen molar-refractivity contribution >= 4 is 33.1 Å². The quantitative estimate of drug-likeness (QED) is 0.691. The third-order valence-corrected chi connectivity index (χ3v) is 3.33. The van der Waals surface area contributed by atoms with Crippen molar-refractivity contribution in [1.29, 1.82) is 0 Å². The Morgan fingerprint density at radius 3 is 2.58 bits per heavy atom. The number of hydrogen-bond acceptors (Lipinski definition) is 0. The molecular formula is C10H8BrCl. The molecule has 0 unspecified atom stereocenters. The minimum absolute atomic E-state index is 0.792. The fourth-order valence-corrected chi connectivity index (χ4v) is 1.67. The van der Waals surface area contributed by atoms with Crippen molar-refractivity contribution < 1.29 is 0 Å². The van der Waals surface area contributed by atoms with E-state index < -0.39 is 0 Å². The summed E-state index contributed by atoms with van der Waals surface area (Å²) in [6.45, 7) is 0. The second kappa shape index (κ2) is 3.23. The average Bonchev–Trinajstić information content (AvgIpc) is 1.93. The highest BCUT2D eigenvalue weighted by atomic mass is 79.9. The molecule has 0 aromatic heterocycles. The van der Waals surface area contributed by atoms with Gasteiger partial charge in [0, 0.05) is 4.47 Å². The molecule has 0 nitrogen and oxygen atoms in total. The maximum absolute atomic E-state index is 5.96. The summed E-state index contributed by atoms with van der Waals surface area (Å²) in [7, 11) is 0. The van der Waals surface area contributed by atoms with Crippen LogP contribution in [-0.4, -0.2) is 0 Å².